The molecule has 1 saturated heterocycles. The second-order valence-electron chi connectivity index (χ2n) is 6.82. The predicted octanol–water partition coefficient (Wildman–Crippen LogP) is 2.04. The van der Waals surface area contributed by atoms with Gasteiger partial charge < -0.3 is 29.4 Å². The monoisotopic (exact) mass is 405 g/mol. The van der Waals surface area contributed by atoms with Crippen molar-refractivity contribution in [2.45, 2.75) is 25.5 Å². The van der Waals surface area contributed by atoms with Gasteiger partial charge in [-0.3, -0.25) is 4.79 Å². The summed E-state index contributed by atoms with van der Waals surface area (Å²) in [5, 5.41) is 4.71. The Morgan fingerprint density at radius 1 is 1.39 bits per heavy atom. The molecule has 0 amide bonds. The fourth-order valence-electron chi connectivity index (χ4n) is 3.31. The SMILES string of the molecule is COCCNC(=S)N(Cc1cc2cc(OC)ccc2[nH]c1=O)C[C@H]1CCCO1. The number of methoxy groups -OCH3 is 2. The number of rotatable bonds is 8. The third kappa shape index (κ3) is 5.21. The van der Waals surface area contributed by atoms with Crippen molar-refractivity contribution in [3.63, 3.8) is 0 Å². The van der Waals surface area contributed by atoms with E-state index in [1.807, 2.05) is 29.2 Å². The van der Waals surface area contributed by atoms with E-state index in [1.54, 1.807) is 14.2 Å². The second kappa shape index (κ2) is 9.86. The lowest BCUT2D eigenvalue weighted by Crippen LogP contribution is -2.44. The molecule has 1 aromatic carbocycles. The van der Waals surface area contributed by atoms with Crippen LogP contribution in [0.3, 0.4) is 0 Å². The summed E-state index contributed by atoms with van der Waals surface area (Å²) < 4.78 is 16.1. The van der Waals surface area contributed by atoms with Crippen molar-refractivity contribution in [1.82, 2.24) is 15.2 Å². The van der Waals surface area contributed by atoms with Crippen LogP contribution in [0.5, 0.6) is 5.75 Å². The van der Waals surface area contributed by atoms with Gasteiger partial charge in [0, 0.05) is 43.3 Å². The Hall–Kier alpha value is -2.16. The highest BCUT2D eigenvalue weighted by atomic mass is 32.1. The van der Waals surface area contributed by atoms with E-state index in [2.05, 4.69) is 10.3 Å². The topological polar surface area (TPSA) is 75.8 Å². The highest BCUT2D eigenvalue weighted by molar-refractivity contribution is 7.80. The number of fused-ring (bicyclic) bond motifs is 1. The van der Waals surface area contributed by atoms with Crippen molar-refractivity contribution in [2.24, 2.45) is 0 Å². The van der Waals surface area contributed by atoms with Crippen molar-refractivity contribution >= 4 is 28.2 Å². The molecule has 0 bridgehead atoms. The van der Waals surface area contributed by atoms with E-state index in [0.29, 0.717) is 36.9 Å². The van der Waals surface area contributed by atoms with Crippen molar-refractivity contribution in [3.8, 4) is 5.75 Å². The van der Waals surface area contributed by atoms with Crippen LogP contribution in [0.25, 0.3) is 10.9 Å². The van der Waals surface area contributed by atoms with Gasteiger partial charge in [-0.1, -0.05) is 0 Å². The number of nitrogens with zero attached hydrogens (tertiary/aromatic N) is 1. The molecule has 28 heavy (non-hydrogen) atoms. The molecule has 1 aliphatic rings. The Labute approximate surface area is 170 Å². The van der Waals surface area contributed by atoms with E-state index in [-0.39, 0.29) is 11.7 Å². The number of aromatic nitrogens is 1. The molecule has 7 nitrogen and oxygen atoms in total. The van der Waals surface area contributed by atoms with Gasteiger partial charge in [-0.05, 0) is 49.3 Å². The molecule has 152 valence electrons. The zero-order chi connectivity index (χ0) is 19.9. The molecule has 2 aromatic rings. The maximum atomic E-state index is 12.6. The average Bonchev–Trinajstić information content (AvgIpc) is 3.21. The van der Waals surface area contributed by atoms with Crippen LogP contribution < -0.4 is 15.6 Å². The minimum absolute atomic E-state index is 0.116. The molecule has 2 N–H and O–H groups in total. The van der Waals surface area contributed by atoms with Crippen LogP contribution in [0.15, 0.2) is 29.1 Å². The Kier molecular flexibility index (Phi) is 7.24. The average molecular weight is 406 g/mol. The largest absolute Gasteiger partial charge is 0.497 e. The number of hydrogen-bond acceptors (Lipinski definition) is 5. The van der Waals surface area contributed by atoms with Crippen LogP contribution in [0.1, 0.15) is 18.4 Å². The van der Waals surface area contributed by atoms with Gasteiger partial charge in [-0.25, -0.2) is 0 Å². The first-order chi connectivity index (χ1) is 13.6. The standard InChI is InChI=1S/C20H27N3O4S/c1-25-9-7-21-20(28)23(13-17-4-3-8-27-17)12-15-10-14-11-16(26-2)5-6-18(14)22-19(15)24/h5-6,10-11,17H,3-4,7-9,12-13H2,1-2H3,(H,21,28)(H,22,24)/t17-/m1/s1. The summed E-state index contributed by atoms with van der Waals surface area (Å²) in [4.78, 5) is 17.6. The molecule has 1 fully saturated rings. The van der Waals surface area contributed by atoms with Crippen LogP contribution in [0.2, 0.25) is 0 Å². The number of thiocarbonyl (C=S) groups is 1. The first kappa shape index (κ1) is 20.6. The third-order valence-corrected chi connectivity index (χ3v) is 5.21. The number of ether oxygens (including phenoxy) is 3. The molecule has 0 aliphatic carbocycles. The van der Waals surface area contributed by atoms with Crippen LogP contribution >= 0.6 is 12.2 Å². The van der Waals surface area contributed by atoms with Gasteiger partial charge in [0.25, 0.3) is 5.56 Å². The molecule has 0 spiro atoms. The smallest absolute Gasteiger partial charge is 0.253 e. The summed E-state index contributed by atoms with van der Waals surface area (Å²) in [6.45, 7) is 3.00. The van der Waals surface area contributed by atoms with Gasteiger partial charge in [0.1, 0.15) is 5.75 Å². The number of H-pyrrole nitrogens is 1. The summed E-state index contributed by atoms with van der Waals surface area (Å²) in [5.74, 6) is 0.749. The van der Waals surface area contributed by atoms with Gasteiger partial charge in [-0.15, -0.1) is 0 Å². The van der Waals surface area contributed by atoms with E-state index in [9.17, 15) is 4.79 Å². The number of nitrogens with one attached hydrogen (secondary N) is 2. The van der Waals surface area contributed by atoms with Gasteiger partial charge in [-0.2, -0.15) is 0 Å². The molecule has 0 unspecified atom stereocenters. The van der Waals surface area contributed by atoms with Gasteiger partial charge in [0.05, 0.1) is 26.4 Å². The van der Waals surface area contributed by atoms with Crippen LogP contribution in [-0.4, -0.2) is 61.6 Å². The summed E-state index contributed by atoms with van der Waals surface area (Å²) in [6, 6.07) is 7.49. The van der Waals surface area contributed by atoms with Crippen LogP contribution in [-0.2, 0) is 16.0 Å². The number of benzene rings is 1. The summed E-state index contributed by atoms with van der Waals surface area (Å²) in [6.07, 6.45) is 2.18. The Balaban J connectivity index is 1.82. The fraction of sp³-hybridized carbons (Fsp3) is 0.500. The predicted molar refractivity (Wildman–Crippen MR) is 113 cm³/mol. The minimum Gasteiger partial charge on any atom is -0.497 e. The van der Waals surface area contributed by atoms with Crippen molar-refractivity contribution in [3.05, 3.63) is 40.2 Å². The molecular weight excluding hydrogens is 378 g/mol. The quantitative estimate of drug-likeness (QED) is 0.514. The van der Waals surface area contributed by atoms with Crippen molar-refractivity contribution in [2.75, 3.05) is 40.5 Å². The molecule has 1 aliphatic heterocycles. The second-order valence-corrected chi connectivity index (χ2v) is 7.20. The third-order valence-electron chi connectivity index (χ3n) is 4.81. The van der Waals surface area contributed by atoms with E-state index >= 15 is 0 Å². The Morgan fingerprint density at radius 2 is 2.25 bits per heavy atom. The van der Waals surface area contributed by atoms with E-state index in [1.165, 1.54) is 0 Å². The minimum atomic E-state index is -0.116. The molecule has 1 atom stereocenters. The Morgan fingerprint density at radius 3 is 2.96 bits per heavy atom. The first-order valence-corrected chi connectivity index (χ1v) is 9.85. The summed E-state index contributed by atoms with van der Waals surface area (Å²) in [7, 11) is 3.28. The molecule has 1 aromatic heterocycles. The van der Waals surface area contributed by atoms with E-state index in [0.717, 1.165) is 36.1 Å². The first-order valence-electron chi connectivity index (χ1n) is 9.44. The van der Waals surface area contributed by atoms with Crippen molar-refractivity contribution < 1.29 is 14.2 Å². The highest BCUT2D eigenvalue weighted by Crippen LogP contribution is 2.20. The maximum Gasteiger partial charge on any atom is 0.253 e. The zero-order valence-electron chi connectivity index (χ0n) is 16.3. The normalized spacial score (nSPS) is 16.3. The fourth-order valence-corrected chi connectivity index (χ4v) is 3.55. The van der Waals surface area contributed by atoms with Crippen LogP contribution in [0.4, 0.5) is 0 Å². The lowest BCUT2D eigenvalue weighted by atomic mass is 10.1. The number of hydrogen-bond donors (Lipinski definition) is 2. The maximum absolute atomic E-state index is 12.6. The molecular formula is C20H27N3O4S. The summed E-state index contributed by atoms with van der Waals surface area (Å²) in [5.41, 5.74) is 1.31. The zero-order valence-corrected chi connectivity index (χ0v) is 17.1. The van der Waals surface area contributed by atoms with Crippen LogP contribution in [0, 0.1) is 0 Å². The number of aromatic amines is 1. The molecule has 8 heteroatoms. The van der Waals surface area contributed by atoms with Crippen molar-refractivity contribution in [1.29, 1.82) is 0 Å². The number of pyridine rings is 1. The Bertz CT molecular complexity index is 864. The molecule has 0 saturated carbocycles. The van der Waals surface area contributed by atoms with Gasteiger partial charge in [0.2, 0.25) is 0 Å². The molecule has 3 rings (SSSR count). The van der Waals surface area contributed by atoms with E-state index < -0.39 is 0 Å². The lowest BCUT2D eigenvalue weighted by Gasteiger charge is -2.28. The highest BCUT2D eigenvalue weighted by Gasteiger charge is 2.22. The van der Waals surface area contributed by atoms with Gasteiger partial charge >= 0.3 is 0 Å². The van der Waals surface area contributed by atoms with E-state index in [4.69, 9.17) is 26.4 Å². The lowest BCUT2D eigenvalue weighted by molar-refractivity contribution is 0.0895. The molecule has 2 heterocycles. The summed E-state index contributed by atoms with van der Waals surface area (Å²) >= 11 is 5.57. The molecule has 0 radical (unpaired) electrons. The van der Waals surface area contributed by atoms with Gasteiger partial charge in [0.15, 0.2) is 5.11 Å².